The Morgan fingerprint density at radius 3 is 2.75 bits per heavy atom. The summed E-state index contributed by atoms with van der Waals surface area (Å²) in [6.07, 6.45) is 4.79. The minimum atomic E-state index is 0.0794. The van der Waals surface area contributed by atoms with Crippen LogP contribution in [0.2, 0.25) is 0 Å². The molecule has 0 aromatic rings. The maximum absolute atomic E-state index is 9.33. The smallest absolute Gasteiger partial charge is 0.0625 e. The zero-order valence-electron chi connectivity index (χ0n) is 8.18. The monoisotopic (exact) mass is 172 g/mol. The fourth-order valence-corrected chi connectivity index (χ4v) is 1.96. The number of aliphatic hydroxyl groups excluding tert-OH is 1. The van der Waals surface area contributed by atoms with Gasteiger partial charge in [0.15, 0.2) is 0 Å². The molecule has 0 amide bonds. The average Bonchev–Trinajstić information content (AvgIpc) is 2.45. The second-order valence-corrected chi connectivity index (χ2v) is 3.89. The third-order valence-corrected chi connectivity index (χ3v) is 3.17. The normalized spacial score (nSPS) is 35.8. The van der Waals surface area contributed by atoms with E-state index in [0.717, 1.165) is 19.4 Å². The molecule has 1 rings (SSSR count). The molecule has 0 saturated carbocycles. The van der Waals surface area contributed by atoms with Gasteiger partial charge in [0, 0.05) is 12.0 Å². The number of unbranched alkanes of at least 4 members (excludes halogenated alkanes) is 1. The van der Waals surface area contributed by atoms with Gasteiger partial charge in [-0.2, -0.15) is 0 Å². The maximum Gasteiger partial charge on any atom is 0.0625 e. The lowest BCUT2D eigenvalue weighted by Gasteiger charge is -2.29. The van der Waals surface area contributed by atoms with E-state index in [-0.39, 0.29) is 18.1 Å². The lowest BCUT2D eigenvalue weighted by molar-refractivity contribution is 0.0205. The summed E-state index contributed by atoms with van der Waals surface area (Å²) in [6.45, 7) is 5.38. The molecule has 1 aliphatic rings. The molecule has 12 heavy (non-hydrogen) atoms. The molecule has 72 valence electrons. The number of rotatable bonds is 4. The molecule has 1 saturated heterocycles. The summed E-state index contributed by atoms with van der Waals surface area (Å²) in [7, 11) is 0. The largest absolute Gasteiger partial charge is 0.396 e. The van der Waals surface area contributed by atoms with Gasteiger partial charge in [0.2, 0.25) is 0 Å². The molecular formula is C10H20O2. The fraction of sp³-hybridized carbons (Fsp3) is 1.00. The molecule has 1 aliphatic heterocycles. The Morgan fingerprint density at radius 2 is 2.33 bits per heavy atom. The number of aliphatic hydroxyl groups is 1. The highest BCUT2D eigenvalue weighted by molar-refractivity contribution is 4.88. The van der Waals surface area contributed by atoms with E-state index < -0.39 is 0 Å². The third-order valence-electron chi connectivity index (χ3n) is 3.17. The Hall–Kier alpha value is -0.0800. The molecule has 0 aliphatic carbocycles. The van der Waals surface area contributed by atoms with Crippen molar-refractivity contribution in [2.24, 2.45) is 5.41 Å². The topological polar surface area (TPSA) is 29.5 Å². The molecule has 0 bridgehead atoms. The highest BCUT2D eigenvalue weighted by atomic mass is 16.5. The van der Waals surface area contributed by atoms with Crippen molar-refractivity contribution in [1.29, 1.82) is 0 Å². The summed E-state index contributed by atoms with van der Waals surface area (Å²) in [5.41, 5.74) is 0.0794. The molecule has 0 spiro atoms. The van der Waals surface area contributed by atoms with E-state index in [9.17, 15) is 5.11 Å². The Bertz CT molecular complexity index is 136. The first kappa shape index (κ1) is 10.0. The molecule has 2 unspecified atom stereocenters. The fourth-order valence-electron chi connectivity index (χ4n) is 1.96. The van der Waals surface area contributed by atoms with Gasteiger partial charge in [-0.1, -0.05) is 19.8 Å². The molecule has 1 N–H and O–H groups in total. The van der Waals surface area contributed by atoms with Crippen molar-refractivity contribution in [1.82, 2.24) is 0 Å². The summed E-state index contributed by atoms with van der Waals surface area (Å²) in [5.74, 6) is 0. The number of hydrogen-bond donors (Lipinski definition) is 1. The predicted octanol–water partition coefficient (Wildman–Crippen LogP) is 1.96. The summed E-state index contributed by atoms with van der Waals surface area (Å²) in [4.78, 5) is 0. The quantitative estimate of drug-likeness (QED) is 0.702. The standard InChI is InChI=1S/C10H20O2/c1-3-4-5-10(8-11)6-7-12-9(10)2/h9,11H,3-8H2,1-2H3. The second-order valence-electron chi connectivity index (χ2n) is 3.89. The Balaban J connectivity index is 2.49. The molecule has 1 heterocycles. The minimum absolute atomic E-state index is 0.0794. The summed E-state index contributed by atoms with van der Waals surface area (Å²) >= 11 is 0. The van der Waals surface area contributed by atoms with Crippen LogP contribution >= 0.6 is 0 Å². The van der Waals surface area contributed by atoms with E-state index in [1.165, 1.54) is 12.8 Å². The van der Waals surface area contributed by atoms with Gasteiger partial charge in [0.05, 0.1) is 12.7 Å². The van der Waals surface area contributed by atoms with Crippen LogP contribution in [-0.2, 0) is 4.74 Å². The second kappa shape index (κ2) is 4.24. The van der Waals surface area contributed by atoms with Gasteiger partial charge >= 0.3 is 0 Å². The molecule has 0 radical (unpaired) electrons. The Labute approximate surface area is 74.9 Å². The van der Waals surface area contributed by atoms with E-state index in [1.54, 1.807) is 0 Å². The van der Waals surface area contributed by atoms with Crippen LogP contribution in [0, 0.1) is 5.41 Å². The highest BCUT2D eigenvalue weighted by Crippen LogP contribution is 2.38. The minimum Gasteiger partial charge on any atom is -0.396 e. The van der Waals surface area contributed by atoms with Gasteiger partial charge in [-0.3, -0.25) is 0 Å². The van der Waals surface area contributed by atoms with Crippen LogP contribution in [0.25, 0.3) is 0 Å². The van der Waals surface area contributed by atoms with E-state index in [0.29, 0.717) is 0 Å². The van der Waals surface area contributed by atoms with E-state index in [4.69, 9.17) is 4.74 Å². The van der Waals surface area contributed by atoms with Crippen LogP contribution in [0.4, 0.5) is 0 Å². The summed E-state index contributed by atoms with van der Waals surface area (Å²) < 4.78 is 5.50. The SMILES string of the molecule is CCCCC1(CO)CCOC1C. The lowest BCUT2D eigenvalue weighted by Crippen LogP contribution is -2.32. The third kappa shape index (κ3) is 1.80. The Morgan fingerprint density at radius 1 is 1.58 bits per heavy atom. The van der Waals surface area contributed by atoms with Crippen molar-refractivity contribution in [3.05, 3.63) is 0 Å². The van der Waals surface area contributed by atoms with Crippen LogP contribution in [0.3, 0.4) is 0 Å². The predicted molar refractivity (Wildman–Crippen MR) is 49.1 cm³/mol. The van der Waals surface area contributed by atoms with E-state index in [1.807, 2.05) is 0 Å². The zero-order valence-corrected chi connectivity index (χ0v) is 8.18. The molecule has 0 aromatic carbocycles. The number of ether oxygens (including phenoxy) is 1. The first-order chi connectivity index (χ1) is 5.75. The number of hydrogen-bond acceptors (Lipinski definition) is 2. The van der Waals surface area contributed by atoms with Crippen molar-refractivity contribution >= 4 is 0 Å². The Kier molecular flexibility index (Phi) is 3.53. The van der Waals surface area contributed by atoms with Gasteiger partial charge < -0.3 is 9.84 Å². The molecule has 2 heteroatoms. The molecular weight excluding hydrogens is 152 g/mol. The van der Waals surface area contributed by atoms with Gasteiger partial charge in [0.1, 0.15) is 0 Å². The molecule has 1 fully saturated rings. The first-order valence-corrected chi connectivity index (χ1v) is 4.97. The van der Waals surface area contributed by atoms with Crippen LogP contribution in [0.15, 0.2) is 0 Å². The van der Waals surface area contributed by atoms with Crippen LogP contribution < -0.4 is 0 Å². The van der Waals surface area contributed by atoms with Crippen molar-refractivity contribution in [2.45, 2.75) is 45.6 Å². The summed E-state index contributed by atoms with van der Waals surface area (Å²) in [5, 5.41) is 9.33. The first-order valence-electron chi connectivity index (χ1n) is 4.97. The lowest BCUT2D eigenvalue weighted by atomic mass is 9.78. The zero-order chi connectivity index (χ0) is 9.03. The molecule has 2 nitrogen and oxygen atoms in total. The van der Waals surface area contributed by atoms with Crippen LogP contribution in [-0.4, -0.2) is 24.4 Å². The van der Waals surface area contributed by atoms with Crippen molar-refractivity contribution in [3.63, 3.8) is 0 Å². The maximum atomic E-state index is 9.33. The van der Waals surface area contributed by atoms with Crippen molar-refractivity contribution in [2.75, 3.05) is 13.2 Å². The van der Waals surface area contributed by atoms with E-state index in [2.05, 4.69) is 13.8 Å². The average molecular weight is 172 g/mol. The molecule has 2 atom stereocenters. The molecule has 0 aromatic heterocycles. The van der Waals surface area contributed by atoms with E-state index >= 15 is 0 Å². The van der Waals surface area contributed by atoms with Gasteiger partial charge in [0.25, 0.3) is 0 Å². The van der Waals surface area contributed by atoms with Crippen molar-refractivity contribution < 1.29 is 9.84 Å². The van der Waals surface area contributed by atoms with Gasteiger partial charge in [-0.15, -0.1) is 0 Å². The van der Waals surface area contributed by atoms with Crippen LogP contribution in [0.1, 0.15) is 39.5 Å². The van der Waals surface area contributed by atoms with Crippen LogP contribution in [0.5, 0.6) is 0 Å². The van der Waals surface area contributed by atoms with Gasteiger partial charge in [-0.25, -0.2) is 0 Å². The van der Waals surface area contributed by atoms with Gasteiger partial charge in [-0.05, 0) is 19.8 Å². The van der Waals surface area contributed by atoms with Crippen molar-refractivity contribution in [3.8, 4) is 0 Å². The highest BCUT2D eigenvalue weighted by Gasteiger charge is 2.40. The summed E-state index contributed by atoms with van der Waals surface area (Å²) in [6, 6.07) is 0.